The second kappa shape index (κ2) is 5.00. The summed E-state index contributed by atoms with van der Waals surface area (Å²) in [6.07, 6.45) is -0.877. The average molecular weight is 338 g/mol. The Morgan fingerprint density at radius 1 is 1.11 bits per heavy atom. The molecule has 2 aromatic carbocycles. The fraction of sp³-hybridized carbons (Fsp3) is 0.0667. The van der Waals surface area contributed by atoms with E-state index in [-0.39, 0.29) is 0 Å². The second-order valence-electron chi connectivity index (χ2n) is 4.25. The van der Waals surface area contributed by atoms with Gasteiger partial charge in [0.15, 0.2) is 0 Å². The Morgan fingerprint density at radius 2 is 1.89 bits per heavy atom. The van der Waals surface area contributed by atoms with Gasteiger partial charge >= 0.3 is 0 Å². The van der Waals surface area contributed by atoms with Crippen molar-refractivity contribution in [2.45, 2.75) is 6.10 Å². The van der Waals surface area contributed by atoms with Crippen LogP contribution in [0, 0.1) is 0 Å². The molecule has 0 aliphatic carbocycles. The van der Waals surface area contributed by atoms with Gasteiger partial charge in [-0.1, -0.05) is 45.7 Å². The van der Waals surface area contributed by atoms with E-state index in [2.05, 4.69) is 15.9 Å². The molecular weight excluding hydrogens is 328 g/mol. The van der Waals surface area contributed by atoms with Gasteiger partial charge < -0.3 is 9.52 Å². The van der Waals surface area contributed by atoms with E-state index in [9.17, 15) is 5.11 Å². The van der Waals surface area contributed by atoms with Crippen molar-refractivity contribution in [2.75, 3.05) is 0 Å². The fourth-order valence-corrected chi connectivity index (χ4v) is 2.61. The van der Waals surface area contributed by atoms with Gasteiger partial charge in [-0.2, -0.15) is 0 Å². The highest BCUT2D eigenvalue weighted by atomic mass is 79.9. The van der Waals surface area contributed by atoms with Crippen molar-refractivity contribution >= 4 is 38.5 Å². The maximum absolute atomic E-state index is 10.4. The maximum Gasteiger partial charge on any atom is 0.138 e. The van der Waals surface area contributed by atoms with Crippen LogP contribution in [-0.4, -0.2) is 5.11 Å². The molecule has 1 heterocycles. The number of aliphatic hydroxyl groups is 1. The van der Waals surface area contributed by atoms with E-state index in [1.165, 1.54) is 0 Å². The van der Waals surface area contributed by atoms with Crippen LogP contribution in [0.2, 0.25) is 5.02 Å². The number of hydrogen-bond donors (Lipinski definition) is 1. The highest BCUT2D eigenvalue weighted by Crippen LogP contribution is 2.33. The lowest BCUT2D eigenvalue weighted by molar-refractivity contribution is 0.192. The number of aliphatic hydroxyl groups excluding tert-OH is 1. The predicted molar refractivity (Wildman–Crippen MR) is 79.4 cm³/mol. The minimum absolute atomic E-state index is 0.487. The monoisotopic (exact) mass is 336 g/mol. The van der Waals surface area contributed by atoms with Crippen molar-refractivity contribution in [3.05, 3.63) is 69.3 Å². The van der Waals surface area contributed by atoms with Crippen molar-refractivity contribution in [3.8, 4) is 0 Å². The van der Waals surface area contributed by atoms with Gasteiger partial charge in [0.05, 0.1) is 0 Å². The minimum atomic E-state index is -0.877. The molecule has 0 bridgehead atoms. The number of hydrogen-bond acceptors (Lipinski definition) is 2. The molecular formula is C15H10BrClO2. The van der Waals surface area contributed by atoms with Gasteiger partial charge in [-0.3, -0.25) is 0 Å². The number of rotatable bonds is 2. The predicted octanol–water partition coefficient (Wildman–Crippen LogP) is 4.93. The third-order valence-corrected chi connectivity index (χ3v) is 3.80. The molecule has 19 heavy (non-hydrogen) atoms. The molecule has 1 unspecified atom stereocenters. The molecule has 0 aliphatic rings. The van der Waals surface area contributed by atoms with Crippen LogP contribution in [-0.2, 0) is 0 Å². The van der Waals surface area contributed by atoms with Crippen molar-refractivity contribution in [2.24, 2.45) is 0 Å². The Morgan fingerprint density at radius 3 is 2.68 bits per heavy atom. The summed E-state index contributed by atoms with van der Waals surface area (Å²) < 4.78 is 6.52. The number of benzene rings is 2. The summed E-state index contributed by atoms with van der Waals surface area (Å²) in [6.45, 7) is 0. The largest absolute Gasteiger partial charge is 0.458 e. The summed E-state index contributed by atoms with van der Waals surface area (Å²) in [5.74, 6) is 0.487. The van der Waals surface area contributed by atoms with Crippen molar-refractivity contribution < 1.29 is 9.52 Å². The molecule has 96 valence electrons. The van der Waals surface area contributed by atoms with Crippen LogP contribution in [0.25, 0.3) is 11.0 Å². The summed E-state index contributed by atoms with van der Waals surface area (Å²) >= 11 is 9.49. The molecule has 0 fully saturated rings. The van der Waals surface area contributed by atoms with E-state index in [0.717, 1.165) is 15.4 Å². The van der Waals surface area contributed by atoms with Crippen molar-refractivity contribution in [3.63, 3.8) is 0 Å². The van der Waals surface area contributed by atoms with Crippen LogP contribution in [0.15, 0.2) is 57.4 Å². The number of furan rings is 1. The molecule has 4 heteroatoms. The van der Waals surface area contributed by atoms with Gasteiger partial charge in [-0.25, -0.2) is 0 Å². The first-order valence-corrected chi connectivity index (χ1v) is 6.94. The zero-order valence-corrected chi connectivity index (χ0v) is 12.1. The van der Waals surface area contributed by atoms with Crippen LogP contribution in [0.4, 0.5) is 0 Å². The first kappa shape index (κ1) is 12.7. The Labute approximate surface area is 123 Å². The van der Waals surface area contributed by atoms with Crippen LogP contribution >= 0.6 is 27.5 Å². The first-order valence-electron chi connectivity index (χ1n) is 5.76. The lowest BCUT2D eigenvalue weighted by Crippen LogP contribution is -1.98. The van der Waals surface area contributed by atoms with E-state index < -0.39 is 6.10 Å². The summed E-state index contributed by atoms with van der Waals surface area (Å²) in [4.78, 5) is 0. The van der Waals surface area contributed by atoms with Crippen LogP contribution in [0.3, 0.4) is 0 Å². The Kier molecular flexibility index (Phi) is 3.35. The van der Waals surface area contributed by atoms with Gasteiger partial charge in [0.25, 0.3) is 0 Å². The van der Waals surface area contributed by atoms with Crippen molar-refractivity contribution in [1.82, 2.24) is 0 Å². The summed E-state index contributed by atoms with van der Waals surface area (Å²) in [6, 6.07) is 14.8. The molecule has 0 amide bonds. The lowest BCUT2D eigenvalue weighted by atomic mass is 10.1. The number of para-hydroxylation sites is 1. The second-order valence-corrected chi connectivity index (χ2v) is 5.58. The SMILES string of the molecule is OC(c1cc2ccccc2o1)c1cc(Br)ccc1Cl. The zero-order chi connectivity index (χ0) is 13.4. The Balaban J connectivity index is 2.07. The molecule has 3 aromatic rings. The molecule has 0 saturated carbocycles. The first-order chi connectivity index (χ1) is 9.15. The highest BCUT2D eigenvalue weighted by molar-refractivity contribution is 9.10. The van der Waals surface area contributed by atoms with E-state index in [0.29, 0.717) is 16.3 Å². The summed E-state index contributed by atoms with van der Waals surface area (Å²) in [5, 5.41) is 11.9. The molecule has 1 atom stereocenters. The third-order valence-electron chi connectivity index (χ3n) is 2.97. The Bertz CT molecular complexity index is 703. The van der Waals surface area contributed by atoms with Crippen LogP contribution < -0.4 is 0 Å². The van der Waals surface area contributed by atoms with Gasteiger partial charge in [0, 0.05) is 20.4 Å². The van der Waals surface area contributed by atoms with E-state index in [1.54, 1.807) is 12.1 Å². The standard InChI is InChI=1S/C15H10BrClO2/c16-10-5-6-12(17)11(8-10)15(18)14-7-9-3-1-2-4-13(9)19-14/h1-8,15,18H. The fourth-order valence-electron chi connectivity index (χ4n) is 2.01. The molecule has 3 rings (SSSR count). The molecule has 0 spiro atoms. The molecule has 1 aromatic heterocycles. The summed E-state index contributed by atoms with van der Waals surface area (Å²) in [5.41, 5.74) is 1.37. The average Bonchev–Trinajstić information content (AvgIpc) is 2.84. The van der Waals surface area contributed by atoms with Crippen LogP contribution in [0.1, 0.15) is 17.4 Å². The van der Waals surface area contributed by atoms with Gasteiger partial charge in [0.1, 0.15) is 17.4 Å². The number of halogens is 2. The summed E-state index contributed by atoms with van der Waals surface area (Å²) in [7, 11) is 0. The quantitative estimate of drug-likeness (QED) is 0.719. The van der Waals surface area contributed by atoms with Crippen LogP contribution in [0.5, 0.6) is 0 Å². The Hall–Kier alpha value is -1.29. The normalized spacial score (nSPS) is 12.8. The van der Waals surface area contributed by atoms with E-state index in [1.807, 2.05) is 36.4 Å². The van der Waals surface area contributed by atoms with Gasteiger partial charge in [0.2, 0.25) is 0 Å². The molecule has 2 nitrogen and oxygen atoms in total. The van der Waals surface area contributed by atoms with Gasteiger partial charge in [-0.15, -0.1) is 0 Å². The van der Waals surface area contributed by atoms with E-state index in [4.69, 9.17) is 16.0 Å². The molecule has 0 aliphatic heterocycles. The lowest BCUT2D eigenvalue weighted by Gasteiger charge is -2.10. The minimum Gasteiger partial charge on any atom is -0.458 e. The van der Waals surface area contributed by atoms with Gasteiger partial charge in [-0.05, 0) is 30.3 Å². The number of fused-ring (bicyclic) bond motifs is 1. The van der Waals surface area contributed by atoms with Crippen molar-refractivity contribution in [1.29, 1.82) is 0 Å². The smallest absolute Gasteiger partial charge is 0.138 e. The molecule has 0 saturated heterocycles. The zero-order valence-electron chi connectivity index (χ0n) is 9.81. The molecule has 1 N–H and O–H groups in total. The van der Waals surface area contributed by atoms with E-state index >= 15 is 0 Å². The maximum atomic E-state index is 10.4. The molecule has 0 radical (unpaired) electrons. The topological polar surface area (TPSA) is 33.4 Å². The highest BCUT2D eigenvalue weighted by Gasteiger charge is 2.18. The third kappa shape index (κ3) is 2.41.